The predicted octanol–water partition coefficient (Wildman–Crippen LogP) is 2.79. The van der Waals surface area contributed by atoms with Gasteiger partial charge in [0, 0.05) is 11.8 Å². The fourth-order valence-corrected chi connectivity index (χ4v) is 2.58. The molecule has 16 heavy (non-hydrogen) atoms. The SMILES string of the molecule is COC(=O)C(C)(C)c1csc(CC(C)C)n1. The van der Waals surface area contributed by atoms with Crippen LogP contribution in [-0.4, -0.2) is 18.1 Å². The number of aromatic nitrogens is 1. The van der Waals surface area contributed by atoms with E-state index in [0.29, 0.717) is 5.92 Å². The summed E-state index contributed by atoms with van der Waals surface area (Å²) < 4.78 is 4.79. The molecule has 0 aliphatic heterocycles. The Labute approximate surface area is 101 Å². The van der Waals surface area contributed by atoms with Crippen molar-refractivity contribution in [2.45, 2.75) is 39.5 Å². The number of rotatable bonds is 4. The van der Waals surface area contributed by atoms with E-state index in [9.17, 15) is 4.79 Å². The summed E-state index contributed by atoms with van der Waals surface area (Å²) in [7, 11) is 1.41. The Bertz CT molecular complexity index is 369. The summed E-state index contributed by atoms with van der Waals surface area (Å²) in [5, 5.41) is 3.04. The van der Waals surface area contributed by atoms with Crippen LogP contribution in [0, 0.1) is 5.92 Å². The number of hydrogen-bond donors (Lipinski definition) is 0. The van der Waals surface area contributed by atoms with Gasteiger partial charge in [-0.3, -0.25) is 4.79 Å². The smallest absolute Gasteiger partial charge is 0.317 e. The van der Waals surface area contributed by atoms with E-state index in [1.807, 2.05) is 19.2 Å². The maximum Gasteiger partial charge on any atom is 0.317 e. The minimum Gasteiger partial charge on any atom is -0.468 e. The van der Waals surface area contributed by atoms with E-state index in [4.69, 9.17) is 4.74 Å². The molecule has 4 heteroatoms. The van der Waals surface area contributed by atoms with E-state index >= 15 is 0 Å². The summed E-state index contributed by atoms with van der Waals surface area (Å²) in [6, 6.07) is 0. The third-order valence-electron chi connectivity index (χ3n) is 2.47. The summed E-state index contributed by atoms with van der Waals surface area (Å²) in [6.45, 7) is 8.00. The normalized spacial score (nSPS) is 11.9. The molecule has 0 bridgehead atoms. The lowest BCUT2D eigenvalue weighted by molar-refractivity contribution is -0.146. The zero-order valence-corrected chi connectivity index (χ0v) is 11.4. The van der Waals surface area contributed by atoms with Crippen molar-refractivity contribution >= 4 is 17.3 Å². The van der Waals surface area contributed by atoms with Gasteiger partial charge < -0.3 is 4.74 Å². The maximum atomic E-state index is 11.6. The molecule has 0 atom stereocenters. The Morgan fingerprint density at radius 2 is 2.19 bits per heavy atom. The Morgan fingerprint density at radius 3 is 2.69 bits per heavy atom. The second-order valence-corrected chi connectivity index (χ2v) is 5.78. The number of methoxy groups -OCH3 is 1. The molecule has 0 amide bonds. The second-order valence-electron chi connectivity index (χ2n) is 4.84. The van der Waals surface area contributed by atoms with Gasteiger partial charge in [-0.05, 0) is 19.8 Å². The molecule has 1 aromatic heterocycles. The van der Waals surface area contributed by atoms with Gasteiger partial charge in [0.05, 0.1) is 17.8 Å². The molecule has 1 aromatic rings. The van der Waals surface area contributed by atoms with Gasteiger partial charge in [0.2, 0.25) is 0 Å². The standard InChI is InChI=1S/C12H19NO2S/c1-8(2)6-10-13-9(7-16-10)12(3,4)11(14)15-5/h7-8H,6H2,1-5H3. The third kappa shape index (κ3) is 2.82. The van der Waals surface area contributed by atoms with Crippen LogP contribution in [0.3, 0.4) is 0 Å². The quantitative estimate of drug-likeness (QED) is 0.761. The lowest BCUT2D eigenvalue weighted by Gasteiger charge is -2.18. The second kappa shape index (κ2) is 4.95. The molecule has 1 heterocycles. The summed E-state index contributed by atoms with van der Waals surface area (Å²) in [5.74, 6) is 0.342. The van der Waals surface area contributed by atoms with Gasteiger partial charge in [0.1, 0.15) is 5.41 Å². The molecular formula is C12H19NO2S. The van der Waals surface area contributed by atoms with E-state index in [2.05, 4.69) is 18.8 Å². The van der Waals surface area contributed by atoms with Gasteiger partial charge in [-0.2, -0.15) is 0 Å². The molecule has 0 aliphatic rings. The van der Waals surface area contributed by atoms with Crippen LogP contribution >= 0.6 is 11.3 Å². The summed E-state index contributed by atoms with van der Waals surface area (Å²) in [4.78, 5) is 16.1. The molecule has 0 saturated heterocycles. The first-order chi connectivity index (χ1) is 7.37. The monoisotopic (exact) mass is 241 g/mol. The first kappa shape index (κ1) is 13.2. The summed E-state index contributed by atoms with van der Waals surface area (Å²) >= 11 is 1.61. The average Bonchev–Trinajstić information content (AvgIpc) is 2.64. The van der Waals surface area contributed by atoms with Gasteiger partial charge >= 0.3 is 5.97 Å². The highest BCUT2D eigenvalue weighted by Crippen LogP contribution is 2.26. The average molecular weight is 241 g/mol. The van der Waals surface area contributed by atoms with E-state index in [0.717, 1.165) is 17.1 Å². The Balaban J connectivity index is 2.88. The van der Waals surface area contributed by atoms with Gasteiger partial charge in [0.15, 0.2) is 0 Å². The van der Waals surface area contributed by atoms with Crippen LogP contribution < -0.4 is 0 Å². The Kier molecular flexibility index (Phi) is 4.08. The van der Waals surface area contributed by atoms with Crippen molar-refractivity contribution in [2.24, 2.45) is 5.92 Å². The lowest BCUT2D eigenvalue weighted by Crippen LogP contribution is -2.30. The molecule has 0 unspecified atom stereocenters. The molecule has 90 valence electrons. The lowest BCUT2D eigenvalue weighted by atomic mass is 9.90. The number of hydrogen-bond acceptors (Lipinski definition) is 4. The van der Waals surface area contributed by atoms with E-state index in [1.54, 1.807) is 11.3 Å². The minimum absolute atomic E-state index is 0.242. The molecule has 0 saturated carbocycles. The van der Waals surface area contributed by atoms with Crippen molar-refractivity contribution in [3.05, 3.63) is 16.1 Å². The predicted molar refractivity (Wildman–Crippen MR) is 65.7 cm³/mol. The molecule has 0 fully saturated rings. The molecule has 0 radical (unpaired) electrons. The van der Waals surface area contributed by atoms with Crippen LogP contribution in [-0.2, 0) is 21.4 Å². The summed E-state index contributed by atoms with van der Waals surface area (Å²) in [6.07, 6.45) is 0.960. The first-order valence-electron chi connectivity index (χ1n) is 5.41. The number of nitrogens with zero attached hydrogens (tertiary/aromatic N) is 1. The number of carbonyl (C=O) groups excluding carboxylic acids is 1. The fraction of sp³-hybridized carbons (Fsp3) is 0.667. The van der Waals surface area contributed by atoms with E-state index < -0.39 is 5.41 Å². The van der Waals surface area contributed by atoms with E-state index in [1.165, 1.54) is 7.11 Å². The molecular weight excluding hydrogens is 222 g/mol. The third-order valence-corrected chi connectivity index (χ3v) is 3.34. The van der Waals surface area contributed by atoms with Crippen LogP contribution in [0.5, 0.6) is 0 Å². The van der Waals surface area contributed by atoms with Gasteiger partial charge in [-0.25, -0.2) is 4.98 Å². The molecule has 3 nitrogen and oxygen atoms in total. The minimum atomic E-state index is -0.652. The molecule has 0 N–H and O–H groups in total. The Hall–Kier alpha value is -0.900. The first-order valence-corrected chi connectivity index (χ1v) is 6.29. The molecule has 0 aromatic carbocycles. The number of carbonyl (C=O) groups is 1. The molecule has 0 aliphatic carbocycles. The van der Waals surface area contributed by atoms with Crippen molar-refractivity contribution in [3.8, 4) is 0 Å². The Morgan fingerprint density at radius 1 is 1.56 bits per heavy atom. The highest BCUT2D eigenvalue weighted by molar-refractivity contribution is 7.09. The van der Waals surface area contributed by atoms with Crippen LogP contribution in [0.2, 0.25) is 0 Å². The zero-order valence-electron chi connectivity index (χ0n) is 10.5. The number of esters is 1. The fourth-order valence-electron chi connectivity index (χ4n) is 1.40. The number of thiazole rings is 1. The topological polar surface area (TPSA) is 39.2 Å². The highest BCUT2D eigenvalue weighted by Gasteiger charge is 2.33. The van der Waals surface area contributed by atoms with Crippen LogP contribution in [0.15, 0.2) is 5.38 Å². The van der Waals surface area contributed by atoms with Crippen LogP contribution in [0.25, 0.3) is 0 Å². The van der Waals surface area contributed by atoms with Crippen molar-refractivity contribution in [1.82, 2.24) is 4.98 Å². The van der Waals surface area contributed by atoms with Gasteiger partial charge in [-0.1, -0.05) is 13.8 Å². The summed E-state index contributed by atoms with van der Waals surface area (Å²) in [5.41, 5.74) is 0.153. The van der Waals surface area contributed by atoms with Gasteiger partial charge in [0.25, 0.3) is 0 Å². The molecule has 1 rings (SSSR count). The number of ether oxygens (including phenoxy) is 1. The highest BCUT2D eigenvalue weighted by atomic mass is 32.1. The van der Waals surface area contributed by atoms with Crippen LogP contribution in [0.4, 0.5) is 0 Å². The van der Waals surface area contributed by atoms with Crippen LogP contribution in [0.1, 0.15) is 38.4 Å². The van der Waals surface area contributed by atoms with Crippen molar-refractivity contribution in [3.63, 3.8) is 0 Å². The molecule has 0 spiro atoms. The largest absolute Gasteiger partial charge is 0.468 e. The van der Waals surface area contributed by atoms with Crippen molar-refractivity contribution in [2.75, 3.05) is 7.11 Å². The maximum absolute atomic E-state index is 11.6. The van der Waals surface area contributed by atoms with Crippen molar-refractivity contribution < 1.29 is 9.53 Å². The zero-order chi connectivity index (χ0) is 12.3. The van der Waals surface area contributed by atoms with E-state index in [-0.39, 0.29) is 5.97 Å². The van der Waals surface area contributed by atoms with Gasteiger partial charge in [-0.15, -0.1) is 11.3 Å². The van der Waals surface area contributed by atoms with Crippen molar-refractivity contribution in [1.29, 1.82) is 0 Å².